The van der Waals surface area contributed by atoms with Gasteiger partial charge in [-0.05, 0) is 37.3 Å². The van der Waals surface area contributed by atoms with Crippen LogP contribution in [0.1, 0.15) is 57.6 Å². The molecule has 27 heavy (non-hydrogen) atoms. The van der Waals surface area contributed by atoms with E-state index in [9.17, 15) is 9.00 Å². The average Bonchev–Trinajstić information content (AvgIpc) is 2.62. The average molecular weight is 393 g/mol. The Morgan fingerprint density at radius 2 is 2.07 bits per heavy atom. The van der Waals surface area contributed by atoms with E-state index >= 15 is 0 Å². The van der Waals surface area contributed by atoms with Crippen LogP contribution in [0.2, 0.25) is 0 Å². The van der Waals surface area contributed by atoms with Gasteiger partial charge in [0, 0.05) is 30.6 Å². The molecule has 2 heterocycles. The molecule has 0 bridgehead atoms. The van der Waals surface area contributed by atoms with Crippen molar-refractivity contribution in [3.63, 3.8) is 0 Å². The van der Waals surface area contributed by atoms with E-state index in [2.05, 4.69) is 21.3 Å². The van der Waals surface area contributed by atoms with E-state index < -0.39 is 10.9 Å². The molecule has 0 saturated heterocycles. The first-order valence-corrected chi connectivity index (χ1v) is 10.4. The SMILES string of the molecule is CCCCc1cnc(N=[SH](=O)OCC)nc1-c1cc(C(C)C)c(=O)n(C)c1. The molecule has 0 spiro atoms. The topological polar surface area (TPSA) is 86.4 Å². The maximum atomic E-state index is 12.4. The van der Waals surface area contributed by atoms with E-state index in [4.69, 9.17) is 4.18 Å². The first-order valence-electron chi connectivity index (χ1n) is 9.26. The highest BCUT2D eigenvalue weighted by molar-refractivity contribution is 7.69. The number of unbranched alkanes of at least 4 members (excludes halogenated alkanes) is 1. The molecule has 8 heteroatoms. The minimum absolute atomic E-state index is 0.0118. The van der Waals surface area contributed by atoms with Gasteiger partial charge in [0.25, 0.3) is 11.5 Å². The van der Waals surface area contributed by atoms with Crippen molar-refractivity contribution < 1.29 is 8.39 Å². The zero-order valence-corrected chi connectivity index (χ0v) is 17.5. The third kappa shape index (κ3) is 5.46. The van der Waals surface area contributed by atoms with Gasteiger partial charge in [-0.15, -0.1) is 4.36 Å². The maximum absolute atomic E-state index is 12.4. The molecular weight excluding hydrogens is 364 g/mol. The lowest BCUT2D eigenvalue weighted by atomic mass is 9.99. The van der Waals surface area contributed by atoms with Gasteiger partial charge in [0.1, 0.15) is 0 Å². The molecular formula is C19H28N4O3S. The van der Waals surface area contributed by atoms with E-state index in [1.165, 1.54) is 0 Å². The Hall–Kier alpha value is -2.06. The van der Waals surface area contributed by atoms with Crippen LogP contribution in [0.15, 0.2) is 27.6 Å². The summed E-state index contributed by atoms with van der Waals surface area (Å²) in [6.45, 7) is 8.16. The molecule has 7 nitrogen and oxygen atoms in total. The summed E-state index contributed by atoms with van der Waals surface area (Å²) in [5, 5.41) is 0. The van der Waals surface area contributed by atoms with Crippen LogP contribution in [0.4, 0.5) is 5.95 Å². The second-order valence-corrected chi connectivity index (χ2v) is 7.59. The van der Waals surface area contributed by atoms with Gasteiger partial charge in [-0.3, -0.25) is 8.98 Å². The van der Waals surface area contributed by atoms with Crippen molar-refractivity contribution in [1.82, 2.24) is 14.5 Å². The lowest BCUT2D eigenvalue weighted by Crippen LogP contribution is -2.21. The number of aromatic nitrogens is 3. The quantitative estimate of drug-likeness (QED) is 0.694. The van der Waals surface area contributed by atoms with E-state index in [1.807, 2.05) is 19.9 Å². The molecule has 0 radical (unpaired) electrons. The van der Waals surface area contributed by atoms with Gasteiger partial charge in [-0.1, -0.05) is 27.2 Å². The van der Waals surface area contributed by atoms with E-state index in [0.29, 0.717) is 6.61 Å². The first kappa shape index (κ1) is 21.2. The van der Waals surface area contributed by atoms with Crippen LogP contribution in [0.5, 0.6) is 0 Å². The van der Waals surface area contributed by atoms with E-state index in [-0.39, 0.29) is 17.4 Å². The second-order valence-electron chi connectivity index (χ2n) is 6.66. The number of nitrogens with zero attached hydrogens (tertiary/aromatic N) is 4. The summed E-state index contributed by atoms with van der Waals surface area (Å²) in [5.41, 5.74) is 3.25. The Labute approximate surface area is 162 Å². The van der Waals surface area contributed by atoms with Gasteiger partial charge in [0.05, 0.1) is 12.3 Å². The molecule has 0 aliphatic heterocycles. The monoisotopic (exact) mass is 392 g/mol. The zero-order chi connectivity index (χ0) is 20.0. The minimum atomic E-state index is -2.19. The summed E-state index contributed by atoms with van der Waals surface area (Å²) >= 11 is 0. The van der Waals surface area contributed by atoms with Gasteiger partial charge in [-0.2, -0.15) is 0 Å². The number of aryl methyl sites for hydroxylation is 2. The van der Waals surface area contributed by atoms with Crippen molar-refractivity contribution in [2.24, 2.45) is 11.4 Å². The Morgan fingerprint density at radius 1 is 1.33 bits per heavy atom. The van der Waals surface area contributed by atoms with Crippen molar-refractivity contribution in [3.05, 3.63) is 39.9 Å². The summed E-state index contributed by atoms with van der Waals surface area (Å²) in [4.78, 5) is 21.2. The van der Waals surface area contributed by atoms with Crippen LogP contribution in [-0.4, -0.2) is 25.4 Å². The highest BCUT2D eigenvalue weighted by Crippen LogP contribution is 2.26. The third-order valence-electron chi connectivity index (χ3n) is 4.17. The molecule has 148 valence electrons. The molecule has 1 atom stereocenters. The van der Waals surface area contributed by atoms with E-state index in [0.717, 1.165) is 41.6 Å². The number of pyridine rings is 1. The molecule has 2 aromatic rings. The highest BCUT2D eigenvalue weighted by atomic mass is 32.2. The second kappa shape index (κ2) is 9.75. The van der Waals surface area contributed by atoms with Crippen molar-refractivity contribution >= 4 is 16.8 Å². The molecule has 1 unspecified atom stereocenters. The Kier molecular flexibility index (Phi) is 7.67. The van der Waals surface area contributed by atoms with Crippen molar-refractivity contribution in [1.29, 1.82) is 0 Å². The third-order valence-corrected chi connectivity index (χ3v) is 4.99. The Balaban J connectivity index is 2.63. The molecule has 2 aromatic heterocycles. The molecule has 0 aliphatic rings. The van der Waals surface area contributed by atoms with E-state index in [1.54, 1.807) is 30.9 Å². The Bertz CT molecular complexity index is 931. The minimum Gasteiger partial charge on any atom is -0.318 e. The number of rotatable bonds is 8. The van der Waals surface area contributed by atoms with Gasteiger partial charge < -0.3 is 4.57 Å². The van der Waals surface area contributed by atoms with Gasteiger partial charge in [0.15, 0.2) is 10.9 Å². The molecule has 0 aromatic carbocycles. The maximum Gasteiger partial charge on any atom is 0.259 e. The number of hydrogen-bond acceptors (Lipinski definition) is 6. The number of thiol groups is 1. The molecule has 0 amide bonds. The largest absolute Gasteiger partial charge is 0.318 e. The fraction of sp³-hybridized carbons (Fsp3) is 0.526. The van der Waals surface area contributed by atoms with Gasteiger partial charge >= 0.3 is 0 Å². The molecule has 0 fully saturated rings. The van der Waals surface area contributed by atoms with Crippen LogP contribution in [-0.2, 0) is 28.5 Å². The summed E-state index contributed by atoms with van der Waals surface area (Å²) in [5.74, 6) is 0.223. The molecule has 2 rings (SSSR count). The standard InChI is InChI=1S/C19H28N4O3S/c1-6-8-9-14-11-20-19(22-27(25)26-7-2)21-17(14)15-10-16(13(3)4)18(24)23(5)12-15/h10-13,27H,6-9H2,1-5H3. The lowest BCUT2D eigenvalue weighted by Gasteiger charge is -2.13. The predicted octanol–water partition coefficient (Wildman–Crippen LogP) is 3.56. The van der Waals surface area contributed by atoms with Crippen molar-refractivity contribution in [2.45, 2.75) is 52.9 Å². The highest BCUT2D eigenvalue weighted by Gasteiger charge is 2.14. The van der Waals surface area contributed by atoms with Crippen LogP contribution >= 0.6 is 0 Å². The van der Waals surface area contributed by atoms with Crippen LogP contribution < -0.4 is 5.56 Å². The zero-order valence-electron chi connectivity index (χ0n) is 16.6. The fourth-order valence-corrected chi connectivity index (χ4v) is 3.26. The van der Waals surface area contributed by atoms with Crippen LogP contribution in [0, 0.1) is 0 Å². The summed E-state index contributed by atoms with van der Waals surface area (Å²) < 4.78 is 22.3. The lowest BCUT2D eigenvalue weighted by molar-refractivity contribution is 0.378. The predicted molar refractivity (Wildman–Crippen MR) is 109 cm³/mol. The molecule has 0 aliphatic carbocycles. The summed E-state index contributed by atoms with van der Waals surface area (Å²) in [6.07, 6.45) is 6.38. The normalized spacial score (nSPS) is 12.7. The Morgan fingerprint density at radius 3 is 2.70 bits per heavy atom. The summed E-state index contributed by atoms with van der Waals surface area (Å²) in [6, 6.07) is 1.89. The molecule has 0 N–H and O–H groups in total. The van der Waals surface area contributed by atoms with Gasteiger partial charge in [0.2, 0.25) is 0 Å². The first-order chi connectivity index (χ1) is 12.9. The van der Waals surface area contributed by atoms with Crippen LogP contribution in [0.3, 0.4) is 0 Å². The van der Waals surface area contributed by atoms with Crippen LogP contribution in [0.25, 0.3) is 11.3 Å². The summed E-state index contributed by atoms with van der Waals surface area (Å²) in [7, 11) is -0.454. The fourth-order valence-electron chi connectivity index (χ4n) is 2.74. The van der Waals surface area contributed by atoms with Gasteiger partial charge in [-0.25, -0.2) is 14.2 Å². The van der Waals surface area contributed by atoms with Crippen molar-refractivity contribution in [3.8, 4) is 11.3 Å². The van der Waals surface area contributed by atoms with Crippen molar-refractivity contribution in [2.75, 3.05) is 6.61 Å². The smallest absolute Gasteiger partial charge is 0.259 e. The molecule has 0 saturated carbocycles. The number of hydrogen-bond donors (Lipinski definition) is 1.